The van der Waals surface area contributed by atoms with Crippen molar-refractivity contribution in [2.75, 3.05) is 26.3 Å². The van der Waals surface area contributed by atoms with Crippen molar-refractivity contribution in [3.63, 3.8) is 0 Å². The van der Waals surface area contributed by atoms with Gasteiger partial charge in [-0.3, -0.25) is 14.7 Å². The lowest BCUT2D eigenvalue weighted by atomic mass is 9.84. The molecule has 3 aliphatic heterocycles. The van der Waals surface area contributed by atoms with Crippen LogP contribution >= 0.6 is 0 Å². The van der Waals surface area contributed by atoms with Crippen molar-refractivity contribution >= 4 is 5.91 Å². The molecule has 0 radical (unpaired) electrons. The first-order valence-electron chi connectivity index (χ1n) is 7.83. The molecule has 0 saturated carbocycles. The Morgan fingerprint density at radius 2 is 2.24 bits per heavy atom. The lowest BCUT2D eigenvalue weighted by Crippen LogP contribution is -2.64. The maximum Gasteiger partial charge on any atom is 0.240 e. The number of rotatable bonds is 3. The summed E-state index contributed by atoms with van der Waals surface area (Å²) in [6, 6.07) is 6.41. The van der Waals surface area contributed by atoms with Crippen LogP contribution in [0.4, 0.5) is 0 Å². The number of hydrogen-bond acceptors (Lipinski definition) is 4. The molecule has 4 rings (SSSR count). The summed E-state index contributed by atoms with van der Waals surface area (Å²) in [6.07, 6.45) is 4.01. The zero-order valence-electron chi connectivity index (χ0n) is 12.1. The van der Waals surface area contributed by atoms with E-state index in [1.165, 1.54) is 6.42 Å². The van der Waals surface area contributed by atoms with E-state index in [1.54, 1.807) is 6.20 Å². The van der Waals surface area contributed by atoms with Crippen molar-refractivity contribution in [2.45, 2.75) is 31.5 Å². The van der Waals surface area contributed by atoms with Crippen LogP contribution in [0.25, 0.3) is 0 Å². The fourth-order valence-electron chi connectivity index (χ4n) is 3.76. The number of piperidine rings is 2. The van der Waals surface area contributed by atoms with Gasteiger partial charge in [0.2, 0.25) is 5.91 Å². The Hall–Kier alpha value is -1.46. The smallest absolute Gasteiger partial charge is 0.240 e. The molecule has 0 unspecified atom stereocenters. The first-order chi connectivity index (χ1) is 10.3. The Kier molecular flexibility index (Phi) is 3.39. The Morgan fingerprint density at radius 1 is 1.33 bits per heavy atom. The summed E-state index contributed by atoms with van der Waals surface area (Å²) in [5, 5.41) is 0. The molecule has 0 spiro atoms. The first kappa shape index (κ1) is 13.2. The summed E-state index contributed by atoms with van der Waals surface area (Å²) in [7, 11) is 0. The van der Waals surface area contributed by atoms with Gasteiger partial charge in [0.1, 0.15) is 0 Å². The quantitative estimate of drug-likeness (QED) is 0.829. The summed E-state index contributed by atoms with van der Waals surface area (Å²) in [4.78, 5) is 21.6. The van der Waals surface area contributed by atoms with Crippen LogP contribution in [0.5, 0.6) is 0 Å². The molecular weight excluding hydrogens is 266 g/mol. The molecule has 1 aromatic heterocycles. The maximum absolute atomic E-state index is 12.8. The lowest BCUT2D eigenvalue weighted by molar-refractivity contribution is -0.157. The van der Waals surface area contributed by atoms with Gasteiger partial charge in [0, 0.05) is 12.7 Å². The minimum Gasteiger partial charge on any atom is -0.378 e. The maximum atomic E-state index is 12.8. The van der Waals surface area contributed by atoms with Crippen LogP contribution < -0.4 is 0 Å². The van der Waals surface area contributed by atoms with E-state index in [9.17, 15) is 4.79 Å². The number of pyridine rings is 1. The predicted octanol–water partition coefficient (Wildman–Crippen LogP) is 0.903. The van der Waals surface area contributed by atoms with Gasteiger partial charge in [-0.2, -0.15) is 0 Å². The van der Waals surface area contributed by atoms with Crippen molar-refractivity contribution in [1.82, 2.24) is 14.8 Å². The first-order valence-corrected chi connectivity index (χ1v) is 7.83. The number of carbonyl (C=O) groups excluding carboxylic acids is 1. The highest BCUT2D eigenvalue weighted by Crippen LogP contribution is 2.33. The molecule has 2 atom stereocenters. The molecule has 3 fully saturated rings. The monoisotopic (exact) mass is 287 g/mol. The van der Waals surface area contributed by atoms with Crippen LogP contribution in [0.15, 0.2) is 24.4 Å². The van der Waals surface area contributed by atoms with Gasteiger partial charge in [-0.1, -0.05) is 6.07 Å². The number of hydrogen-bond donors (Lipinski definition) is 0. The largest absolute Gasteiger partial charge is 0.378 e. The second kappa shape index (κ2) is 5.39. The van der Waals surface area contributed by atoms with Crippen LogP contribution in [-0.2, 0) is 16.1 Å². The molecule has 1 amide bonds. The van der Waals surface area contributed by atoms with Gasteiger partial charge in [-0.15, -0.1) is 0 Å². The third-order valence-electron chi connectivity index (χ3n) is 5.00. The number of likely N-dealkylation sites (tertiary alicyclic amines) is 2. The Labute approximate surface area is 124 Å². The molecule has 112 valence electrons. The highest BCUT2D eigenvalue weighted by atomic mass is 16.5. The van der Waals surface area contributed by atoms with Gasteiger partial charge in [0.15, 0.2) is 0 Å². The van der Waals surface area contributed by atoms with Gasteiger partial charge in [0.05, 0.1) is 37.5 Å². The normalized spacial score (nSPS) is 30.3. The molecule has 3 aliphatic rings. The summed E-state index contributed by atoms with van der Waals surface area (Å²) >= 11 is 0. The molecule has 2 bridgehead atoms. The summed E-state index contributed by atoms with van der Waals surface area (Å²) in [6.45, 7) is 4.15. The number of ether oxygens (including phenoxy) is 1. The Morgan fingerprint density at radius 3 is 2.95 bits per heavy atom. The highest BCUT2D eigenvalue weighted by Gasteiger charge is 2.44. The number of carbonyl (C=O) groups is 1. The zero-order valence-corrected chi connectivity index (χ0v) is 12.1. The Balaban J connectivity index is 1.50. The number of nitrogens with zero attached hydrogens (tertiary/aromatic N) is 3. The van der Waals surface area contributed by atoms with Crippen molar-refractivity contribution in [3.8, 4) is 0 Å². The third-order valence-corrected chi connectivity index (χ3v) is 5.00. The highest BCUT2D eigenvalue weighted by molar-refractivity contribution is 5.83. The minimum absolute atomic E-state index is 0.0649. The van der Waals surface area contributed by atoms with Crippen molar-refractivity contribution in [3.05, 3.63) is 30.1 Å². The average molecular weight is 287 g/mol. The van der Waals surface area contributed by atoms with Crippen molar-refractivity contribution in [2.24, 2.45) is 5.92 Å². The van der Waals surface area contributed by atoms with E-state index >= 15 is 0 Å². The Bertz CT molecular complexity index is 518. The standard InChI is InChI=1S/C16H21N3O2/c20-16-15-7-12(4-6-19(15)14-10-21-11-14)8-18(16)9-13-3-1-2-5-17-13/h1-3,5,12,14-15H,4,6-11H2/t12-,15+/m0/s1. The predicted molar refractivity (Wildman–Crippen MR) is 77.5 cm³/mol. The second-order valence-electron chi connectivity index (χ2n) is 6.38. The topological polar surface area (TPSA) is 45.7 Å². The number of fused-ring (bicyclic) bond motifs is 2. The molecule has 5 heteroatoms. The van der Waals surface area contributed by atoms with E-state index in [4.69, 9.17) is 4.74 Å². The molecule has 0 N–H and O–H groups in total. The third kappa shape index (κ3) is 2.45. The van der Waals surface area contributed by atoms with E-state index in [0.717, 1.165) is 38.4 Å². The lowest BCUT2D eigenvalue weighted by Gasteiger charge is -2.50. The average Bonchev–Trinajstić information content (AvgIpc) is 2.46. The van der Waals surface area contributed by atoms with E-state index < -0.39 is 0 Å². The fraction of sp³-hybridized carbons (Fsp3) is 0.625. The zero-order chi connectivity index (χ0) is 14.2. The molecule has 0 aliphatic carbocycles. The molecule has 3 saturated heterocycles. The van der Waals surface area contributed by atoms with Gasteiger partial charge < -0.3 is 9.64 Å². The van der Waals surface area contributed by atoms with Gasteiger partial charge in [0.25, 0.3) is 0 Å². The van der Waals surface area contributed by atoms with Gasteiger partial charge in [-0.05, 0) is 37.4 Å². The molecule has 1 aromatic rings. The minimum atomic E-state index is 0.0649. The SMILES string of the molecule is O=C1[C@H]2C[C@H](CCN2C2COC2)CN1Cc1ccccn1. The van der Waals surface area contributed by atoms with Crippen LogP contribution in [0.2, 0.25) is 0 Å². The van der Waals surface area contributed by atoms with Crippen LogP contribution in [0.3, 0.4) is 0 Å². The summed E-state index contributed by atoms with van der Waals surface area (Å²) < 4.78 is 5.31. The molecule has 21 heavy (non-hydrogen) atoms. The second-order valence-corrected chi connectivity index (χ2v) is 6.38. The van der Waals surface area contributed by atoms with Gasteiger partial charge >= 0.3 is 0 Å². The molecule has 0 aromatic carbocycles. The van der Waals surface area contributed by atoms with E-state index in [0.29, 0.717) is 18.5 Å². The van der Waals surface area contributed by atoms with E-state index in [1.807, 2.05) is 23.1 Å². The van der Waals surface area contributed by atoms with Crippen molar-refractivity contribution in [1.29, 1.82) is 0 Å². The number of aromatic nitrogens is 1. The van der Waals surface area contributed by atoms with Gasteiger partial charge in [-0.25, -0.2) is 0 Å². The van der Waals surface area contributed by atoms with Crippen LogP contribution in [-0.4, -0.2) is 59.1 Å². The molecular formula is C16H21N3O2. The summed E-state index contributed by atoms with van der Waals surface area (Å²) in [5.74, 6) is 0.928. The van der Waals surface area contributed by atoms with E-state index in [2.05, 4.69) is 9.88 Å². The van der Waals surface area contributed by atoms with Crippen LogP contribution in [0.1, 0.15) is 18.5 Å². The van der Waals surface area contributed by atoms with Crippen molar-refractivity contribution < 1.29 is 9.53 Å². The number of amides is 1. The molecule has 4 heterocycles. The van der Waals surface area contributed by atoms with Crippen LogP contribution in [0, 0.1) is 5.92 Å². The fourth-order valence-corrected chi connectivity index (χ4v) is 3.76. The summed E-state index contributed by atoms with van der Waals surface area (Å²) in [5.41, 5.74) is 0.976. The molecule has 5 nitrogen and oxygen atoms in total. The van der Waals surface area contributed by atoms with E-state index in [-0.39, 0.29) is 11.9 Å².